The van der Waals surface area contributed by atoms with Crippen LogP contribution in [0.25, 0.3) is 0 Å². The van der Waals surface area contributed by atoms with Gasteiger partial charge in [-0.25, -0.2) is 4.98 Å². The molecule has 1 N–H and O–H groups in total. The van der Waals surface area contributed by atoms with E-state index >= 15 is 0 Å². The number of carbonyl (C=O) groups is 2. The van der Waals surface area contributed by atoms with Crippen molar-refractivity contribution in [2.45, 2.75) is 69.5 Å². The summed E-state index contributed by atoms with van der Waals surface area (Å²) in [5.74, 6) is 0.224. The van der Waals surface area contributed by atoms with Gasteiger partial charge in [-0.15, -0.1) is 0 Å². The van der Waals surface area contributed by atoms with Crippen LogP contribution >= 0.6 is 11.8 Å². The maximum atomic E-state index is 12.8. The first-order valence-corrected chi connectivity index (χ1v) is 10.9. The van der Waals surface area contributed by atoms with E-state index in [0.29, 0.717) is 18.4 Å². The Bertz CT molecular complexity index is 850. The van der Waals surface area contributed by atoms with Gasteiger partial charge in [-0.2, -0.15) is 13.2 Å². The summed E-state index contributed by atoms with van der Waals surface area (Å²) >= 11 is 1.05. The Hall–Kier alpha value is -1.88. The van der Waals surface area contributed by atoms with Crippen LogP contribution in [0.15, 0.2) is 10.9 Å². The first kappa shape index (κ1) is 22.8. The number of rotatable bonds is 7. The monoisotopic (exact) mass is 447 g/mol. The number of nitrogens with zero attached hydrogens (tertiary/aromatic N) is 2. The minimum absolute atomic E-state index is 0.0103. The van der Waals surface area contributed by atoms with E-state index in [0.717, 1.165) is 37.4 Å². The summed E-state index contributed by atoms with van der Waals surface area (Å²) in [6.07, 6.45) is -0.396. The Labute approximate surface area is 175 Å². The molecule has 2 heterocycles. The van der Waals surface area contributed by atoms with Crippen LogP contribution in [0.5, 0.6) is 0 Å². The first-order chi connectivity index (χ1) is 14.2. The maximum Gasteiger partial charge on any atom is 0.433 e. The molecular formula is C19H24F3N3O4S. The van der Waals surface area contributed by atoms with Crippen molar-refractivity contribution in [3.63, 3.8) is 0 Å². The smallest absolute Gasteiger partial charge is 0.376 e. The third-order valence-corrected chi connectivity index (χ3v) is 6.48. The first-order valence-electron chi connectivity index (χ1n) is 9.98. The van der Waals surface area contributed by atoms with E-state index in [1.165, 1.54) is 4.57 Å². The van der Waals surface area contributed by atoms with Gasteiger partial charge in [0.25, 0.3) is 10.8 Å². The second-order valence-corrected chi connectivity index (χ2v) is 8.71. The fourth-order valence-electron chi connectivity index (χ4n) is 3.90. The fraction of sp³-hybridized carbons (Fsp3) is 0.684. The summed E-state index contributed by atoms with van der Waals surface area (Å²) in [6, 6.07) is 0.520. The number of hydrogen-bond acceptors (Lipinski definition) is 6. The van der Waals surface area contributed by atoms with E-state index in [1.807, 2.05) is 0 Å². The Morgan fingerprint density at radius 3 is 2.50 bits per heavy atom. The topological polar surface area (TPSA) is 90.3 Å². The number of carbonyl (C=O) groups excluding carboxylic acids is 2. The third-order valence-electron chi connectivity index (χ3n) is 5.47. The molecular weight excluding hydrogens is 423 g/mol. The molecule has 1 unspecified atom stereocenters. The summed E-state index contributed by atoms with van der Waals surface area (Å²) in [5.41, 5.74) is -1.90. The Morgan fingerprint density at radius 2 is 1.93 bits per heavy atom. The molecule has 0 radical (unpaired) electrons. The van der Waals surface area contributed by atoms with Crippen molar-refractivity contribution in [3.05, 3.63) is 27.9 Å². The second kappa shape index (κ2) is 9.51. The van der Waals surface area contributed by atoms with Crippen LogP contribution in [0.4, 0.5) is 18.0 Å². The summed E-state index contributed by atoms with van der Waals surface area (Å²) in [7, 11) is 0. The molecule has 0 spiro atoms. The van der Waals surface area contributed by atoms with Gasteiger partial charge in [0, 0.05) is 12.5 Å². The van der Waals surface area contributed by atoms with Crippen molar-refractivity contribution in [2.24, 2.45) is 5.92 Å². The minimum atomic E-state index is -4.65. The van der Waals surface area contributed by atoms with Gasteiger partial charge >= 0.3 is 6.18 Å². The van der Waals surface area contributed by atoms with E-state index in [-0.39, 0.29) is 47.9 Å². The quantitative estimate of drug-likeness (QED) is 0.691. The highest BCUT2D eigenvalue weighted by Gasteiger charge is 2.35. The van der Waals surface area contributed by atoms with E-state index in [2.05, 4.69) is 10.3 Å². The van der Waals surface area contributed by atoms with Crippen LogP contribution in [0, 0.1) is 5.92 Å². The summed E-state index contributed by atoms with van der Waals surface area (Å²) < 4.78 is 45.6. The Balaban J connectivity index is 1.47. The standard InChI is InChI=1S/C19H24F3N3O4S/c1-2-15-23-14(19(20,21)22)10-16(26)25(15)7-8-29-12-5-3-11(4-6-12)9-13-17(27)24-18(28)30-13/h10-13H,2-9H2,1H3,(H,24,27,28). The van der Waals surface area contributed by atoms with Crippen molar-refractivity contribution < 1.29 is 27.5 Å². The molecule has 2 aliphatic rings. The van der Waals surface area contributed by atoms with Crippen LogP contribution < -0.4 is 10.9 Å². The second-order valence-electron chi connectivity index (χ2n) is 7.53. The molecule has 1 aromatic heterocycles. The average Bonchev–Trinajstić information content (AvgIpc) is 3.00. The molecule has 166 valence electrons. The predicted octanol–water partition coefficient (Wildman–Crippen LogP) is 3.14. The molecule has 0 bridgehead atoms. The van der Waals surface area contributed by atoms with Crippen molar-refractivity contribution in [1.82, 2.24) is 14.9 Å². The zero-order valence-corrected chi connectivity index (χ0v) is 17.4. The van der Waals surface area contributed by atoms with Gasteiger partial charge < -0.3 is 4.74 Å². The summed E-state index contributed by atoms with van der Waals surface area (Å²) in [6.45, 7) is 2.01. The highest BCUT2D eigenvalue weighted by atomic mass is 32.2. The number of amides is 2. The molecule has 0 aromatic carbocycles. The summed E-state index contributed by atoms with van der Waals surface area (Å²) in [4.78, 5) is 38.6. The number of ether oxygens (including phenoxy) is 1. The molecule has 2 fully saturated rings. The fourth-order valence-corrected chi connectivity index (χ4v) is 4.86. The molecule has 2 amide bonds. The van der Waals surface area contributed by atoms with Crippen LogP contribution in [-0.4, -0.2) is 38.7 Å². The number of imide groups is 1. The molecule has 11 heteroatoms. The number of halogens is 3. The van der Waals surface area contributed by atoms with Gasteiger partial charge in [0.15, 0.2) is 5.69 Å². The van der Waals surface area contributed by atoms with Crippen molar-refractivity contribution in [3.8, 4) is 0 Å². The molecule has 7 nitrogen and oxygen atoms in total. The lowest BCUT2D eigenvalue weighted by molar-refractivity contribution is -0.141. The largest absolute Gasteiger partial charge is 0.433 e. The molecule has 1 atom stereocenters. The van der Waals surface area contributed by atoms with Crippen LogP contribution in [0.1, 0.15) is 50.5 Å². The zero-order valence-electron chi connectivity index (χ0n) is 16.5. The van der Waals surface area contributed by atoms with E-state index < -0.39 is 17.4 Å². The molecule has 1 aromatic rings. The number of hydrogen-bond donors (Lipinski definition) is 1. The number of thioether (sulfide) groups is 1. The SMILES string of the molecule is CCc1nc(C(F)(F)F)cc(=O)n1CCOC1CCC(CC2SC(=O)NC2=O)CC1. The predicted molar refractivity (Wildman–Crippen MR) is 104 cm³/mol. The molecule has 3 rings (SSSR count). The number of aromatic nitrogens is 2. The highest BCUT2D eigenvalue weighted by Crippen LogP contribution is 2.34. The number of nitrogens with one attached hydrogen (secondary N) is 1. The van der Waals surface area contributed by atoms with Gasteiger partial charge in [0.1, 0.15) is 5.82 Å². The Morgan fingerprint density at radius 1 is 1.23 bits per heavy atom. The van der Waals surface area contributed by atoms with Gasteiger partial charge in [-0.3, -0.25) is 24.3 Å². The zero-order chi connectivity index (χ0) is 21.9. The lowest BCUT2D eigenvalue weighted by Gasteiger charge is -2.29. The van der Waals surface area contributed by atoms with E-state index in [9.17, 15) is 27.6 Å². The summed E-state index contributed by atoms with van der Waals surface area (Å²) in [5, 5.41) is 1.70. The highest BCUT2D eigenvalue weighted by molar-refractivity contribution is 8.15. The molecule has 1 aliphatic carbocycles. The lowest BCUT2D eigenvalue weighted by atomic mass is 9.84. The van der Waals surface area contributed by atoms with Crippen LogP contribution in [-0.2, 0) is 28.7 Å². The van der Waals surface area contributed by atoms with Gasteiger partial charge in [0.05, 0.1) is 24.5 Å². The van der Waals surface area contributed by atoms with Crippen molar-refractivity contribution in [2.75, 3.05) is 6.61 Å². The normalized spacial score (nSPS) is 24.9. The Kier molecular flexibility index (Phi) is 7.22. The van der Waals surface area contributed by atoms with Gasteiger partial charge in [0.2, 0.25) is 5.91 Å². The average molecular weight is 447 g/mol. The molecule has 1 saturated heterocycles. The number of alkyl halides is 3. The van der Waals surface area contributed by atoms with Crippen molar-refractivity contribution >= 4 is 22.9 Å². The maximum absolute atomic E-state index is 12.8. The minimum Gasteiger partial charge on any atom is -0.376 e. The van der Waals surface area contributed by atoms with Crippen LogP contribution in [0.3, 0.4) is 0 Å². The van der Waals surface area contributed by atoms with Crippen LogP contribution in [0.2, 0.25) is 0 Å². The number of aryl methyl sites for hydroxylation is 1. The molecule has 30 heavy (non-hydrogen) atoms. The van der Waals surface area contributed by atoms with E-state index in [4.69, 9.17) is 4.74 Å². The lowest BCUT2D eigenvalue weighted by Crippen LogP contribution is -2.31. The van der Waals surface area contributed by atoms with Crippen molar-refractivity contribution in [1.29, 1.82) is 0 Å². The van der Waals surface area contributed by atoms with E-state index in [1.54, 1.807) is 6.92 Å². The van der Waals surface area contributed by atoms with Gasteiger partial charge in [-0.1, -0.05) is 18.7 Å². The molecule has 1 aliphatic heterocycles. The molecule has 1 saturated carbocycles. The third kappa shape index (κ3) is 5.63. The van der Waals surface area contributed by atoms with Gasteiger partial charge in [-0.05, 0) is 38.0 Å².